The van der Waals surface area contributed by atoms with Gasteiger partial charge in [0.15, 0.2) is 6.29 Å². The van der Waals surface area contributed by atoms with E-state index in [1.165, 1.54) is 12.1 Å². The maximum absolute atomic E-state index is 10.8. The molecule has 0 radical (unpaired) electrons. The molecule has 20 heavy (non-hydrogen) atoms. The van der Waals surface area contributed by atoms with E-state index in [-0.39, 0.29) is 17.9 Å². The molecule has 2 aromatic carbocycles. The Morgan fingerprint density at radius 3 is 2.60 bits per heavy atom. The van der Waals surface area contributed by atoms with Crippen LogP contribution in [-0.2, 0) is 6.61 Å². The van der Waals surface area contributed by atoms with E-state index in [1.54, 1.807) is 30.3 Å². The summed E-state index contributed by atoms with van der Waals surface area (Å²) in [5.41, 5.74) is 0.870. The molecular formula is C15H12O5. The molecule has 0 aliphatic carbocycles. The summed E-state index contributed by atoms with van der Waals surface area (Å²) >= 11 is 0. The van der Waals surface area contributed by atoms with E-state index in [1.807, 2.05) is 0 Å². The van der Waals surface area contributed by atoms with Gasteiger partial charge in [-0.25, -0.2) is 4.79 Å². The second-order valence-corrected chi connectivity index (χ2v) is 4.10. The molecule has 0 spiro atoms. The third kappa shape index (κ3) is 2.95. The van der Waals surface area contributed by atoms with Crippen LogP contribution >= 0.6 is 0 Å². The topological polar surface area (TPSA) is 83.8 Å². The molecule has 5 heteroatoms. The normalized spacial score (nSPS) is 10.0. The van der Waals surface area contributed by atoms with Crippen LogP contribution in [0.15, 0.2) is 42.5 Å². The number of rotatable bonds is 5. The highest BCUT2D eigenvalue weighted by Crippen LogP contribution is 2.21. The summed E-state index contributed by atoms with van der Waals surface area (Å²) in [6.07, 6.45) is 0.695. The van der Waals surface area contributed by atoms with Crippen molar-refractivity contribution in [2.45, 2.75) is 6.61 Å². The second kappa shape index (κ2) is 5.88. The highest BCUT2D eigenvalue weighted by atomic mass is 16.5. The number of ether oxygens (including phenoxy) is 1. The van der Waals surface area contributed by atoms with Crippen molar-refractivity contribution in [1.82, 2.24) is 0 Å². The van der Waals surface area contributed by atoms with Crippen molar-refractivity contribution in [3.05, 3.63) is 59.2 Å². The minimum Gasteiger partial charge on any atom is -0.507 e. The van der Waals surface area contributed by atoms with Gasteiger partial charge in [-0.05, 0) is 29.8 Å². The van der Waals surface area contributed by atoms with Gasteiger partial charge in [-0.15, -0.1) is 0 Å². The number of hydrogen-bond donors (Lipinski definition) is 2. The van der Waals surface area contributed by atoms with Gasteiger partial charge in [0.05, 0.1) is 5.56 Å². The number of para-hydroxylation sites is 1. The summed E-state index contributed by atoms with van der Waals surface area (Å²) < 4.78 is 5.48. The third-order valence-electron chi connectivity index (χ3n) is 2.73. The number of benzene rings is 2. The lowest BCUT2D eigenvalue weighted by Crippen LogP contribution is -2.01. The Hall–Kier alpha value is -2.82. The minimum atomic E-state index is -1.19. The van der Waals surface area contributed by atoms with Gasteiger partial charge in [0, 0.05) is 0 Å². The monoisotopic (exact) mass is 272 g/mol. The number of aldehydes is 1. The molecule has 2 rings (SSSR count). The molecule has 0 saturated carbocycles. The van der Waals surface area contributed by atoms with E-state index in [0.717, 1.165) is 0 Å². The van der Waals surface area contributed by atoms with Gasteiger partial charge in [0.25, 0.3) is 0 Å². The number of carbonyl (C=O) groups excluding carboxylic acids is 1. The molecule has 0 heterocycles. The quantitative estimate of drug-likeness (QED) is 0.817. The molecule has 0 saturated heterocycles. The van der Waals surface area contributed by atoms with Crippen LogP contribution in [0.1, 0.15) is 26.3 Å². The van der Waals surface area contributed by atoms with Crippen LogP contribution in [0.4, 0.5) is 0 Å². The second-order valence-electron chi connectivity index (χ2n) is 4.10. The van der Waals surface area contributed by atoms with Crippen LogP contribution in [0, 0.1) is 0 Å². The van der Waals surface area contributed by atoms with Gasteiger partial charge in [-0.3, -0.25) is 4.79 Å². The molecule has 0 atom stereocenters. The van der Waals surface area contributed by atoms with Crippen LogP contribution in [-0.4, -0.2) is 22.5 Å². The zero-order chi connectivity index (χ0) is 14.5. The molecule has 0 aliphatic rings. The molecule has 0 aromatic heterocycles. The first kappa shape index (κ1) is 13.6. The maximum atomic E-state index is 10.8. The fourth-order valence-corrected chi connectivity index (χ4v) is 1.72. The molecule has 102 valence electrons. The standard InChI is InChI=1S/C15H12O5/c16-8-11-3-1-2-4-14(11)20-9-10-5-6-12(15(18)19)13(17)7-10/h1-8,17H,9H2,(H,18,19). The summed E-state index contributed by atoms with van der Waals surface area (Å²) in [6.45, 7) is 0.123. The molecule has 0 fully saturated rings. The van der Waals surface area contributed by atoms with E-state index in [9.17, 15) is 14.7 Å². The number of phenols is 1. The Kier molecular flexibility index (Phi) is 4.00. The van der Waals surface area contributed by atoms with Gasteiger partial charge in [0.2, 0.25) is 0 Å². The Bertz CT molecular complexity index is 648. The largest absolute Gasteiger partial charge is 0.507 e. The smallest absolute Gasteiger partial charge is 0.339 e. The molecule has 2 N–H and O–H groups in total. The molecule has 5 nitrogen and oxygen atoms in total. The van der Waals surface area contributed by atoms with Crippen molar-refractivity contribution in [2.75, 3.05) is 0 Å². The fraction of sp³-hybridized carbons (Fsp3) is 0.0667. The highest BCUT2D eigenvalue weighted by molar-refractivity contribution is 5.90. The molecule has 2 aromatic rings. The van der Waals surface area contributed by atoms with Crippen LogP contribution in [0.25, 0.3) is 0 Å². The summed E-state index contributed by atoms with van der Waals surface area (Å²) in [7, 11) is 0. The zero-order valence-corrected chi connectivity index (χ0v) is 10.4. The number of carbonyl (C=O) groups is 2. The first-order valence-electron chi connectivity index (χ1n) is 5.84. The van der Waals surface area contributed by atoms with E-state index in [2.05, 4.69) is 0 Å². The van der Waals surface area contributed by atoms with Gasteiger partial charge in [0.1, 0.15) is 23.7 Å². The Morgan fingerprint density at radius 2 is 1.95 bits per heavy atom. The van der Waals surface area contributed by atoms with E-state index < -0.39 is 5.97 Å². The summed E-state index contributed by atoms with van der Waals surface area (Å²) in [5.74, 6) is -1.08. The van der Waals surface area contributed by atoms with Crippen molar-refractivity contribution in [1.29, 1.82) is 0 Å². The molecular weight excluding hydrogens is 260 g/mol. The predicted octanol–water partition coefficient (Wildman–Crippen LogP) is 2.48. The van der Waals surface area contributed by atoms with Crippen LogP contribution in [0.5, 0.6) is 11.5 Å². The minimum absolute atomic E-state index is 0.123. The predicted molar refractivity (Wildman–Crippen MR) is 71.2 cm³/mol. The van der Waals surface area contributed by atoms with Gasteiger partial charge in [-0.1, -0.05) is 18.2 Å². The summed E-state index contributed by atoms with van der Waals surface area (Å²) in [4.78, 5) is 21.6. The Morgan fingerprint density at radius 1 is 1.20 bits per heavy atom. The van der Waals surface area contributed by atoms with Crippen molar-refractivity contribution < 1.29 is 24.5 Å². The van der Waals surface area contributed by atoms with Crippen LogP contribution in [0.2, 0.25) is 0 Å². The number of aromatic hydroxyl groups is 1. The van der Waals surface area contributed by atoms with Crippen molar-refractivity contribution in [3.63, 3.8) is 0 Å². The maximum Gasteiger partial charge on any atom is 0.339 e. The van der Waals surface area contributed by atoms with E-state index in [0.29, 0.717) is 23.2 Å². The van der Waals surface area contributed by atoms with Gasteiger partial charge >= 0.3 is 5.97 Å². The number of carboxylic acids is 1. The lowest BCUT2D eigenvalue weighted by atomic mass is 10.1. The van der Waals surface area contributed by atoms with E-state index in [4.69, 9.17) is 9.84 Å². The Labute approximate surface area is 115 Å². The highest BCUT2D eigenvalue weighted by Gasteiger charge is 2.10. The van der Waals surface area contributed by atoms with E-state index >= 15 is 0 Å². The fourth-order valence-electron chi connectivity index (χ4n) is 1.72. The first-order chi connectivity index (χ1) is 9.61. The van der Waals surface area contributed by atoms with Gasteiger partial charge < -0.3 is 14.9 Å². The zero-order valence-electron chi connectivity index (χ0n) is 10.4. The van der Waals surface area contributed by atoms with Crippen LogP contribution in [0.3, 0.4) is 0 Å². The number of carboxylic acid groups (broad SMARTS) is 1. The Balaban J connectivity index is 2.13. The van der Waals surface area contributed by atoms with Crippen molar-refractivity contribution in [3.8, 4) is 11.5 Å². The molecule has 0 bridgehead atoms. The third-order valence-corrected chi connectivity index (χ3v) is 2.73. The van der Waals surface area contributed by atoms with Crippen molar-refractivity contribution in [2.24, 2.45) is 0 Å². The van der Waals surface area contributed by atoms with Crippen LogP contribution < -0.4 is 4.74 Å². The number of hydrogen-bond acceptors (Lipinski definition) is 4. The average molecular weight is 272 g/mol. The first-order valence-corrected chi connectivity index (χ1v) is 5.84. The van der Waals surface area contributed by atoms with Gasteiger partial charge in [-0.2, -0.15) is 0 Å². The summed E-state index contributed by atoms with van der Waals surface area (Å²) in [6, 6.07) is 10.9. The van der Waals surface area contributed by atoms with Crippen molar-refractivity contribution >= 4 is 12.3 Å². The molecule has 0 aliphatic heterocycles. The molecule has 0 amide bonds. The summed E-state index contributed by atoms with van der Waals surface area (Å²) in [5, 5.41) is 18.4. The SMILES string of the molecule is O=Cc1ccccc1OCc1ccc(C(=O)O)c(O)c1. The number of aromatic carboxylic acids is 1. The molecule has 0 unspecified atom stereocenters. The lowest BCUT2D eigenvalue weighted by molar-refractivity contribution is 0.0693. The average Bonchev–Trinajstić information content (AvgIpc) is 2.45. The lowest BCUT2D eigenvalue weighted by Gasteiger charge is -2.09.